The Morgan fingerprint density at radius 2 is 1.76 bits per heavy atom. The lowest BCUT2D eigenvalue weighted by molar-refractivity contribution is -0.120. The molecule has 1 atom stereocenters. The van der Waals surface area contributed by atoms with Gasteiger partial charge in [-0.05, 0) is 43.7 Å². The second-order valence-corrected chi connectivity index (χ2v) is 6.77. The number of hydrogen-bond donors (Lipinski definition) is 1. The molecule has 21 heavy (non-hydrogen) atoms. The first-order valence-electron chi connectivity index (χ1n) is 6.80. The van der Waals surface area contributed by atoms with Gasteiger partial charge < -0.3 is 5.32 Å². The van der Waals surface area contributed by atoms with Crippen molar-refractivity contribution in [1.29, 1.82) is 0 Å². The molecule has 110 valence electrons. The van der Waals surface area contributed by atoms with Crippen LogP contribution in [0.1, 0.15) is 18.1 Å². The van der Waals surface area contributed by atoms with Gasteiger partial charge >= 0.3 is 0 Å². The Balaban J connectivity index is 1.84. The third-order valence-electron chi connectivity index (χ3n) is 3.08. The number of carbonyl (C=O) groups is 1. The Labute approximate surface area is 134 Å². The summed E-state index contributed by atoms with van der Waals surface area (Å²) in [5, 5.41) is 3.52. The number of carbonyl (C=O) groups excluding carboxylic acids is 1. The maximum atomic E-state index is 12.1. The first-order valence-corrected chi connectivity index (χ1v) is 8.06. The molecule has 0 bridgehead atoms. The van der Waals surface area contributed by atoms with Crippen LogP contribution >= 0.6 is 23.4 Å². The molecule has 2 rings (SSSR count). The molecule has 0 saturated heterocycles. The van der Waals surface area contributed by atoms with E-state index in [0.717, 1.165) is 10.5 Å². The van der Waals surface area contributed by atoms with Crippen LogP contribution in [0.5, 0.6) is 0 Å². The van der Waals surface area contributed by atoms with E-state index in [-0.39, 0.29) is 11.2 Å². The Hall–Kier alpha value is -1.45. The van der Waals surface area contributed by atoms with Gasteiger partial charge in [0.2, 0.25) is 5.91 Å². The molecule has 0 aliphatic heterocycles. The minimum absolute atomic E-state index is 0.0375. The average molecular weight is 320 g/mol. The van der Waals surface area contributed by atoms with E-state index < -0.39 is 0 Å². The summed E-state index contributed by atoms with van der Waals surface area (Å²) < 4.78 is 0. The normalized spacial score (nSPS) is 12.0. The Kier molecular flexibility index (Phi) is 5.71. The van der Waals surface area contributed by atoms with E-state index >= 15 is 0 Å². The van der Waals surface area contributed by atoms with Gasteiger partial charge in [-0.25, -0.2) is 0 Å². The van der Waals surface area contributed by atoms with Crippen LogP contribution in [0.3, 0.4) is 0 Å². The van der Waals surface area contributed by atoms with E-state index in [0.29, 0.717) is 11.6 Å². The lowest BCUT2D eigenvalue weighted by Gasteiger charge is -2.12. The first kappa shape index (κ1) is 15.9. The van der Waals surface area contributed by atoms with Crippen molar-refractivity contribution in [2.24, 2.45) is 0 Å². The third kappa shape index (κ3) is 5.10. The molecule has 2 aromatic carbocycles. The second-order valence-electron chi connectivity index (χ2n) is 4.92. The fraction of sp³-hybridized carbons (Fsp3) is 0.235. The number of benzene rings is 2. The maximum absolute atomic E-state index is 12.1. The van der Waals surface area contributed by atoms with Crippen LogP contribution in [-0.4, -0.2) is 11.2 Å². The van der Waals surface area contributed by atoms with Crippen molar-refractivity contribution >= 4 is 29.3 Å². The number of hydrogen-bond acceptors (Lipinski definition) is 2. The van der Waals surface area contributed by atoms with Crippen LogP contribution in [0.4, 0.5) is 0 Å². The van der Waals surface area contributed by atoms with Gasteiger partial charge in [0.05, 0.1) is 5.25 Å². The van der Waals surface area contributed by atoms with Gasteiger partial charge in [-0.3, -0.25) is 4.79 Å². The van der Waals surface area contributed by atoms with Gasteiger partial charge in [0, 0.05) is 16.5 Å². The molecular formula is C17H18ClNOS. The molecular weight excluding hydrogens is 302 g/mol. The zero-order valence-electron chi connectivity index (χ0n) is 12.1. The molecule has 0 radical (unpaired) electrons. The van der Waals surface area contributed by atoms with Crippen LogP contribution < -0.4 is 5.32 Å². The molecule has 1 unspecified atom stereocenters. The van der Waals surface area contributed by atoms with Crippen LogP contribution in [0, 0.1) is 6.92 Å². The Morgan fingerprint density at radius 3 is 2.38 bits per heavy atom. The Bertz CT molecular complexity index is 595. The molecule has 0 heterocycles. The van der Waals surface area contributed by atoms with Crippen molar-refractivity contribution in [2.45, 2.75) is 30.5 Å². The van der Waals surface area contributed by atoms with Crippen molar-refractivity contribution in [3.05, 3.63) is 64.7 Å². The summed E-state index contributed by atoms with van der Waals surface area (Å²) in [6.07, 6.45) is 0. The van der Waals surface area contributed by atoms with Gasteiger partial charge in [-0.1, -0.05) is 41.4 Å². The van der Waals surface area contributed by atoms with Crippen LogP contribution in [0.2, 0.25) is 5.02 Å². The summed E-state index contributed by atoms with van der Waals surface area (Å²) in [5.41, 5.74) is 2.26. The summed E-state index contributed by atoms with van der Waals surface area (Å²) in [4.78, 5) is 13.2. The quantitative estimate of drug-likeness (QED) is 0.825. The molecule has 0 spiro atoms. The molecule has 0 aromatic heterocycles. The first-order chi connectivity index (χ1) is 10.0. The molecule has 0 saturated carbocycles. The third-order valence-corrected chi connectivity index (χ3v) is 4.45. The fourth-order valence-corrected chi connectivity index (χ4v) is 2.83. The Morgan fingerprint density at radius 1 is 1.14 bits per heavy atom. The van der Waals surface area contributed by atoms with E-state index in [1.807, 2.05) is 43.3 Å². The number of amides is 1. The standard InChI is InChI=1S/C17H18ClNOS/c1-12-3-9-16(10-4-12)21-13(2)17(20)19-11-14-5-7-15(18)8-6-14/h3-10,13H,11H2,1-2H3,(H,19,20). The van der Waals surface area contributed by atoms with Crippen molar-refractivity contribution < 1.29 is 4.79 Å². The predicted molar refractivity (Wildman–Crippen MR) is 89.8 cm³/mol. The van der Waals surface area contributed by atoms with Crippen molar-refractivity contribution in [2.75, 3.05) is 0 Å². The van der Waals surface area contributed by atoms with Gasteiger partial charge in [-0.2, -0.15) is 0 Å². The molecule has 4 heteroatoms. The van der Waals surface area contributed by atoms with Crippen LogP contribution in [0.15, 0.2) is 53.4 Å². The van der Waals surface area contributed by atoms with E-state index in [1.54, 1.807) is 11.8 Å². The zero-order valence-corrected chi connectivity index (χ0v) is 13.7. The van der Waals surface area contributed by atoms with Gasteiger partial charge in [0.25, 0.3) is 0 Å². The summed E-state index contributed by atoms with van der Waals surface area (Å²) >= 11 is 7.40. The highest BCUT2D eigenvalue weighted by atomic mass is 35.5. The minimum Gasteiger partial charge on any atom is -0.351 e. The van der Waals surface area contributed by atoms with Gasteiger partial charge in [0.15, 0.2) is 0 Å². The molecule has 2 aromatic rings. The van der Waals surface area contributed by atoms with E-state index in [4.69, 9.17) is 11.6 Å². The SMILES string of the molecule is Cc1ccc(SC(C)C(=O)NCc2ccc(Cl)cc2)cc1. The number of halogens is 1. The lowest BCUT2D eigenvalue weighted by atomic mass is 10.2. The largest absolute Gasteiger partial charge is 0.351 e. The van der Waals surface area contributed by atoms with Crippen LogP contribution in [0.25, 0.3) is 0 Å². The summed E-state index contributed by atoms with van der Waals surface area (Å²) in [6, 6.07) is 15.7. The molecule has 1 N–H and O–H groups in total. The second kappa shape index (κ2) is 7.53. The number of nitrogens with one attached hydrogen (secondary N) is 1. The minimum atomic E-state index is -0.125. The highest BCUT2D eigenvalue weighted by Crippen LogP contribution is 2.23. The molecule has 0 fully saturated rings. The average Bonchev–Trinajstić information content (AvgIpc) is 2.48. The zero-order chi connectivity index (χ0) is 15.2. The van der Waals surface area contributed by atoms with Crippen molar-refractivity contribution in [3.8, 4) is 0 Å². The van der Waals surface area contributed by atoms with Crippen molar-refractivity contribution in [3.63, 3.8) is 0 Å². The topological polar surface area (TPSA) is 29.1 Å². The van der Waals surface area contributed by atoms with E-state index in [1.165, 1.54) is 5.56 Å². The lowest BCUT2D eigenvalue weighted by Crippen LogP contribution is -2.30. The highest BCUT2D eigenvalue weighted by molar-refractivity contribution is 8.00. The van der Waals surface area contributed by atoms with Crippen molar-refractivity contribution in [1.82, 2.24) is 5.32 Å². The molecule has 0 aliphatic carbocycles. The molecule has 2 nitrogen and oxygen atoms in total. The number of rotatable bonds is 5. The fourth-order valence-electron chi connectivity index (χ4n) is 1.81. The predicted octanol–water partition coefficient (Wildman–Crippen LogP) is 4.45. The monoisotopic (exact) mass is 319 g/mol. The molecule has 1 amide bonds. The smallest absolute Gasteiger partial charge is 0.233 e. The maximum Gasteiger partial charge on any atom is 0.233 e. The molecule has 0 aliphatic rings. The summed E-state index contributed by atoms with van der Waals surface area (Å²) in [7, 11) is 0. The number of thioether (sulfide) groups is 1. The van der Waals surface area contributed by atoms with Gasteiger partial charge in [0.1, 0.15) is 0 Å². The summed E-state index contributed by atoms with van der Waals surface area (Å²) in [6.45, 7) is 4.49. The highest BCUT2D eigenvalue weighted by Gasteiger charge is 2.13. The van der Waals surface area contributed by atoms with E-state index in [2.05, 4.69) is 24.4 Å². The summed E-state index contributed by atoms with van der Waals surface area (Å²) in [5.74, 6) is 0.0375. The van der Waals surface area contributed by atoms with E-state index in [9.17, 15) is 4.79 Å². The number of aryl methyl sites for hydroxylation is 1. The van der Waals surface area contributed by atoms with Gasteiger partial charge in [-0.15, -0.1) is 11.8 Å². The van der Waals surface area contributed by atoms with Crippen LogP contribution in [-0.2, 0) is 11.3 Å².